The lowest BCUT2D eigenvalue weighted by Crippen LogP contribution is -2.31. The minimum atomic E-state index is 0.834. The van der Waals surface area contributed by atoms with Crippen LogP contribution in [0.5, 0.6) is 5.75 Å². The first-order valence-corrected chi connectivity index (χ1v) is 8.10. The Morgan fingerprint density at radius 2 is 2.29 bits per heavy atom. The van der Waals surface area contributed by atoms with Crippen molar-refractivity contribution < 1.29 is 4.74 Å². The molecular weight excluding hydrogens is 284 g/mol. The van der Waals surface area contributed by atoms with Crippen LogP contribution < -0.4 is 4.74 Å². The second kappa shape index (κ2) is 6.41. The topological polar surface area (TPSA) is 51.1 Å². The van der Waals surface area contributed by atoms with Crippen LogP contribution >= 0.6 is 11.8 Å². The number of methoxy groups -OCH3 is 1. The molecule has 0 N–H and O–H groups in total. The Bertz CT molecular complexity index is 635. The summed E-state index contributed by atoms with van der Waals surface area (Å²) in [6.45, 7) is 2.71. The number of thioether (sulfide) groups is 1. The fraction of sp³-hybridized carbons (Fsp3) is 0.400. The third-order valence-electron chi connectivity index (χ3n) is 3.65. The van der Waals surface area contributed by atoms with Crippen LogP contribution in [0, 0.1) is 0 Å². The number of rotatable bonds is 4. The molecule has 1 aliphatic heterocycles. The lowest BCUT2D eigenvalue weighted by Gasteiger charge is -2.28. The molecule has 21 heavy (non-hydrogen) atoms. The molecule has 2 aromatic rings. The van der Waals surface area contributed by atoms with Crippen LogP contribution in [0.4, 0.5) is 0 Å². The predicted molar refractivity (Wildman–Crippen MR) is 82.4 cm³/mol. The zero-order chi connectivity index (χ0) is 14.7. The summed E-state index contributed by atoms with van der Waals surface area (Å²) >= 11 is 1.59. The lowest BCUT2D eigenvalue weighted by atomic mass is 10.1. The van der Waals surface area contributed by atoms with Gasteiger partial charge in [-0.3, -0.25) is 9.88 Å². The van der Waals surface area contributed by atoms with E-state index < -0.39 is 0 Å². The molecule has 0 aliphatic carbocycles. The molecule has 0 saturated heterocycles. The fourth-order valence-corrected chi connectivity index (χ4v) is 2.92. The molecule has 0 unspecified atom stereocenters. The van der Waals surface area contributed by atoms with E-state index in [0.29, 0.717) is 0 Å². The van der Waals surface area contributed by atoms with E-state index in [-0.39, 0.29) is 0 Å². The third-order valence-corrected chi connectivity index (χ3v) is 4.21. The molecule has 0 saturated carbocycles. The van der Waals surface area contributed by atoms with Gasteiger partial charge in [-0.25, -0.2) is 9.97 Å². The summed E-state index contributed by atoms with van der Waals surface area (Å²) in [6.07, 6.45) is 8.56. The second-order valence-electron chi connectivity index (χ2n) is 4.98. The first-order valence-electron chi connectivity index (χ1n) is 6.88. The van der Waals surface area contributed by atoms with Crippen molar-refractivity contribution in [1.82, 2.24) is 19.9 Å². The van der Waals surface area contributed by atoms with E-state index in [1.807, 2.05) is 24.7 Å². The highest BCUT2D eigenvalue weighted by molar-refractivity contribution is 7.98. The van der Waals surface area contributed by atoms with Gasteiger partial charge in [0.2, 0.25) is 0 Å². The molecule has 0 atom stereocenters. The minimum Gasteiger partial charge on any atom is -0.496 e. The zero-order valence-corrected chi connectivity index (χ0v) is 13.1. The van der Waals surface area contributed by atoms with Crippen LogP contribution in [0.2, 0.25) is 0 Å². The lowest BCUT2D eigenvalue weighted by molar-refractivity contribution is 0.238. The fourth-order valence-electron chi connectivity index (χ4n) is 2.56. The van der Waals surface area contributed by atoms with Crippen molar-refractivity contribution in [1.29, 1.82) is 0 Å². The van der Waals surface area contributed by atoms with Crippen molar-refractivity contribution in [3.05, 3.63) is 41.5 Å². The van der Waals surface area contributed by atoms with E-state index in [2.05, 4.69) is 19.9 Å². The van der Waals surface area contributed by atoms with Gasteiger partial charge in [0.1, 0.15) is 5.75 Å². The molecule has 0 amide bonds. The van der Waals surface area contributed by atoms with Crippen LogP contribution in [0.15, 0.2) is 29.8 Å². The van der Waals surface area contributed by atoms with Crippen LogP contribution in [0.1, 0.15) is 16.8 Å². The highest BCUT2D eigenvalue weighted by Gasteiger charge is 2.19. The maximum atomic E-state index is 5.39. The summed E-state index contributed by atoms with van der Waals surface area (Å²) in [5.74, 6) is 0.893. The number of hydrogen-bond acceptors (Lipinski definition) is 6. The van der Waals surface area contributed by atoms with Crippen LogP contribution in [-0.4, -0.2) is 39.8 Å². The van der Waals surface area contributed by atoms with E-state index in [0.717, 1.165) is 42.5 Å². The molecule has 0 aromatic carbocycles. The van der Waals surface area contributed by atoms with E-state index >= 15 is 0 Å². The normalized spacial score (nSPS) is 14.8. The molecule has 1 aliphatic rings. The van der Waals surface area contributed by atoms with Gasteiger partial charge in [-0.1, -0.05) is 11.8 Å². The molecule has 0 spiro atoms. The standard InChI is InChI=1S/C15H18N4OS/c1-20-14-3-5-16-7-12(14)10-19-6-4-13-11(9-19)8-17-15(18-13)21-2/h3,5,7-8H,4,6,9-10H2,1-2H3. The quantitative estimate of drug-likeness (QED) is 0.637. The van der Waals surface area contributed by atoms with Crippen molar-refractivity contribution in [3.63, 3.8) is 0 Å². The largest absolute Gasteiger partial charge is 0.496 e. The second-order valence-corrected chi connectivity index (χ2v) is 5.75. The van der Waals surface area contributed by atoms with E-state index in [4.69, 9.17) is 4.74 Å². The van der Waals surface area contributed by atoms with Crippen LogP contribution in [-0.2, 0) is 19.5 Å². The van der Waals surface area contributed by atoms with Crippen molar-refractivity contribution in [2.45, 2.75) is 24.7 Å². The zero-order valence-electron chi connectivity index (χ0n) is 12.2. The molecule has 0 fully saturated rings. The van der Waals surface area contributed by atoms with Gasteiger partial charge in [-0.05, 0) is 12.3 Å². The van der Waals surface area contributed by atoms with Gasteiger partial charge >= 0.3 is 0 Å². The molecule has 2 aromatic heterocycles. The molecule has 6 heteroatoms. The van der Waals surface area contributed by atoms with Crippen molar-refractivity contribution in [3.8, 4) is 5.75 Å². The Morgan fingerprint density at radius 3 is 3.10 bits per heavy atom. The maximum absolute atomic E-state index is 5.39. The van der Waals surface area contributed by atoms with Gasteiger partial charge in [0.15, 0.2) is 5.16 Å². The molecular formula is C15H18N4OS. The van der Waals surface area contributed by atoms with Crippen molar-refractivity contribution in [2.24, 2.45) is 0 Å². The van der Waals surface area contributed by atoms with Gasteiger partial charge in [0, 0.05) is 55.8 Å². The summed E-state index contributed by atoms with van der Waals surface area (Å²) in [5.41, 5.74) is 3.52. The number of aromatic nitrogens is 3. The highest BCUT2D eigenvalue weighted by Crippen LogP contribution is 2.23. The predicted octanol–water partition coefficient (Wildman–Crippen LogP) is 2.16. The van der Waals surface area contributed by atoms with Crippen molar-refractivity contribution in [2.75, 3.05) is 19.9 Å². The van der Waals surface area contributed by atoms with E-state index in [9.17, 15) is 0 Å². The van der Waals surface area contributed by atoms with Gasteiger partial charge in [0.25, 0.3) is 0 Å². The maximum Gasteiger partial charge on any atom is 0.187 e. The van der Waals surface area contributed by atoms with Gasteiger partial charge in [0.05, 0.1) is 12.8 Å². The molecule has 5 nitrogen and oxygen atoms in total. The SMILES string of the molecule is COc1ccncc1CN1CCc2nc(SC)ncc2C1. The average molecular weight is 302 g/mol. The van der Waals surface area contributed by atoms with Gasteiger partial charge in [-0.15, -0.1) is 0 Å². The van der Waals surface area contributed by atoms with Gasteiger partial charge < -0.3 is 4.74 Å². The number of pyridine rings is 1. The summed E-state index contributed by atoms with van der Waals surface area (Å²) in [5, 5.41) is 0.858. The van der Waals surface area contributed by atoms with Crippen molar-refractivity contribution >= 4 is 11.8 Å². The number of nitrogens with zero attached hydrogens (tertiary/aromatic N) is 4. The van der Waals surface area contributed by atoms with E-state index in [1.165, 1.54) is 11.3 Å². The first kappa shape index (κ1) is 14.3. The Balaban J connectivity index is 1.74. The first-order chi connectivity index (χ1) is 10.3. The molecule has 3 rings (SSSR count). The summed E-state index contributed by atoms with van der Waals surface area (Å²) in [4.78, 5) is 15.5. The Morgan fingerprint density at radius 1 is 1.38 bits per heavy atom. The summed E-state index contributed by atoms with van der Waals surface area (Å²) in [6, 6.07) is 1.90. The third kappa shape index (κ3) is 3.16. The molecule has 0 bridgehead atoms. The Hall–Kier alpha value is -1.66. The molecule has 110 valence electrons. The average Bonchev–Trinajstić information content (AvgIpc) is 2.55. The number of ether oxygens (including phenoxy) is 1. The summed E-state index contributed by atoms with van der Waals surface area (Å²) < 4.78 is 5.39. The molecule has 0 radical (unpaired) electrons. The molecule has 3 heterocycles. The highest BCUT2D eigenvalue weighted by atomic mass is 32.2. The Kier molecular flexibility index (Phi) is 4.36. The van der Waals surface area contributed by atoms with Gasteiger partial charge in [-0.2, -0.15) is 0 Å². The number of fused-ring (bicyclic) bond motifs is 1. The monoisotopic (exact) mass is 302 g/mol. The van der Waals surface area contributed by atoms with Crippen LogP contribution in [0.25, 0.3) is 0 Å². The smallest absolute Gasteiger partial charge is 0.187 e. The minimum absolute atomic E-state index is 0.834. The Labute approximate surface area is 128 Å². The number of hydrogen-bond donors (Lipinski definition) is 0. The van der Waals surface area contributed by atoms with E-state index in [1.54, 1.807) is 25.1 Å². The summed E-state index contributed by atoms with van der Waals surface area (Å²) in [7, 11) is 1.70. The van der Waals surface area contributed by atoms with Crippen LogP contribution in [0.3, 0.4) is 0 Å².